The summed E-state index contributed by atoms with van der Waals surface area (Å²) in [6.07, 6.45) is 6.67. The largest absolute Gasteiger partial charge is 0.465 e. The van der Waals surface area contributed by atoms with Gasteiger partial charge in [0, 0.05) is 0 Å². The van der Waals surface area contributed by atoms with Crippen molar-refractivity contribution in [3.63, 3.8) is 0 Å². The fraction of sp³-hybridized carbons (Fsp3) is 0.111. The number of hydrogen-bond acceptors (Lipinski definition) is 4. The van der Waals surface area contributed by atoms with E-state index in [9.17, 15) is 9.59 Å². The van der Waals surface area contributed by atoms with Gasteiger partial charge in [0.15, 0.2) is 0 Å². The standard InChI is InChI=1S/C18H15NO3S/c1-13-7-9-14(10-8-13)12-19-17(20)16(23-18(19)21)6-2-4-15-5-3-11-22-15/h2-11H,12H2,1H3/b4-2+,16-6-. The summed E-state index contributed by atoms with van der Waals surface area (Å²) in [5, 5.41) is -0.242. The average Bonchev–Trinajstić information content (AvgIpc) is 3.14. The first-order valence-electron chi connectivity index (χ1n) is 7.14. The number of allylic oxidation sites excluding steroid dienone is 2. The molecule has 0 saturated carbocycles. The monoisotopic (exact) mass is 325 g/mol. The minimum absolute atomic E-state index is 0.242. The van der Waals surface area contributed by atoms with E-state index in [0.717, 1.165) is 22.9 Å². The van der Waals surface area contributed by atoms with Crippen LogP contribution in [0.25, 0.3) is 6.08 Å². The number of hydrogen-bond donors (Lipinski definition) is 0. The zero-order chi connectivity index (χ0) is 16.2. The number of rotatable bonds is 4. The predicted octanol–water partition coefficient (Wildman–Crippen LogP) is 4.38. The van der Waals surface area contributed by atoms with Gasteiger partial charge in [0.05, 0.1) is 17.7 Å². The third kappa shape index (κ3) is 3.63. The highest BCUT2D eigenvalue weighted by molar-refractivity contribution is 8.18. The molecule has 2 aromatic rings. The number of carbonyl (C=O) groups excluding carboxylic acids is 2. The average molecular weight is 325 g/mol. The Balaban J connectivity index is 1.70. The first-order valence-corrected chi connectivity index (χ1v) is 7.96. The Bertz CT molecular complexity index is 773. The predicted molar refractivity (Wildman–Crippen MR) is 90.5 cm³/mol. The molecule has 0 aliphatic carbocycles. The van der Waals surface area contributed by atoms with Gasteiger partial charge in [-0.15, -0.1) is 0 Å². The van der Waals surface area contributed by atoms with Crippen LogP contribution in [0.15, 0.2) is 64.1 Å². The van der Waals surface area contributed by atoms with Crippen molar-refractivity contribution in [3.8, 4) is 0 Å². The van der Waals surface area contributed by atoms with E-state index in [-0.39, 0.29) is 11.1 Å². The maximum Gasteiger partial charge on any atom is 0.293 e. The summed E-state index contributed by atoms with van der Waals surface area (Å²) in [5.74, 6) is 0.435. The molecule has 0 N–H and O–H groups in total. The summed E-state index contributed by atoms with van der Waals surface area (Å²) in [5.41, 5.74) is 2.08. The molecule has 1 aromatic heterocycles. The number of thioether (sulfide) groups is 1. The Kier molecular flexibility index (Phi) is 4.48. The molecule has 1 saturated heterocycles. The summed E-state index contributed by atoms with van der Waals surface area (Å²) >= 11 is 0.958. The molecule has 1 aliphatic rings. The van der Waals surface area contributed by atoms with E-state index >= 15 is 0 Å². The number of furan rings is 1. The van der Waals surface area contributed by atoms with Gasteiger partial charge in [-0.2, -0.15) is 0 Å². The fourth-order valence-corrected chi connectivity index (χ4v) is 2.93. The summed E-state index contributed by atoms with van der Waals surface area (Å²) in [4.78, 5) is 26.1. The molecular weight excluding hydrogens is 310 g/mol. The molecule has 4 nitrogen and oxygen atoms in total. The zero-order valence-electron chi connectivity index (χ0n) is 12.6. The normalized spacial score (nSPS) is 16.9. The minimum Gasteiger partial charge on any atom is -0.465 e. The van der Waals surface area contributed by atoms with Gasteiger partial charge in [0.25, 0.3) is 11.1 Å². The highest BCUT2D eigenvalue weighted by Gasteiger charge is 2.34. The van der Waals surface area contributed by atoms with Crippen molar-refractivity contribution in [2.24, 2.45) is 0 Å². The lowest BCUT2D eigenvalue weighted by Gasteiger charge is -2.12. The number of amides is 2. The van der Waals surface area contributed by atoms with E-state index in [4.69, 9.17) is 4.42 Å². The van der Waals surface area contributed by atoms with Crippen LogP contribution in [0.3, 0.4) is 0 Å². The third-order valence-corrected chi connectivity index (χ3v) is 4.31. The summed E-state index contributed by atoms with van der Waals surface area (Å²) in [6.45, 7) is 2.29. The van der Waals surface area contributed by atoms with Crippen molar-refractivity contribution >= 4 is 29.0 Å². The van der Waals surface area contributed by atoms with Gasteiger partial charge < -0.3 is 4.42 Å². The quantitative estimate of drug-likeness (QED) is 0.783. The maximum atomic E-state index is 12.3. The van der Waals surface area contributed by atoms with Crippen molar-refractivity contribution in [2.75, 3.05) is 0 Å². The first-order chi connectivity index (χ1) is 11.1. The number of benzene rings is 1. The molecule has 5 heteroatoms. The van der Waals surface area contributed by atoms with Gasteiger partial charge >= 0.3 is 0 Å². The van der Waals surface area contributed by atoms with Crippen LogP contribution >= 0.6 is 11.8 Å². The van der Waals surface area contributed by atoms with Crippen molar-refractivity contribution < 1.29 is 14.0 Å². The number of carbonyl (C=O) groups is 2. The molecule has 1 fully saturated rings. The topological polar surface area (TPSA) is 50.5 Å². The van der Waals surface area contributed by atoms with E-state index in [2.05, 4.69) is 0 Å². The van der Waals surface area contributed by atoms with Crippen molar-refractivity contribution in [2.45, 2.75) is 13.5 Å². The van der Waals surface area contributed by atoms with E-state index in [0.29, 0.717) is 17.2 Å². The molecule has 0 spiro atoms. The van der Waals surface area contributed by atoms with Crippen LogP contribution in [0.5, 0.6) is 0 Å². The molecular formula is C18H15NO3S. The molecule has 0 radical (unpaired) electrons. The fourth-order valence-electron chi connectivity index (χ4n) is 2.14. The second-order valence-corrected chi connectivity index (χ2v) is 6.14. The highest BCUT2D eigenvalue weighted by atomic mass is 32.2. The summed E-state index contributed by atoms with van der Waals surface area (Å²) in [7, 11) is 0. The van der Waals surface area contributed by atoms with Crippen molar-refractivity contribution in [1.29, 1.82) is 0 Å². The van der Waals surface area contributed by atoms with Gasteiger partial charge in [0.1, 0.15) is 5.76 Å². The van der Waals surface area contributed by atoms with Gasteiger partial charge in [-0.05, 0) is 48.5 Å². The number of aryl methyl sites for hydroxylation is 1. The van der Waals surface area contributed by atoms with Crippen molar-refractivity contribution in [1.82, 2.24) is 4.90 Å². The minimum atomic E-state index is -0.260. The zero-order valence-corrected chi connectivity index (χ0v) is 13.4. The van der Waals surface area contributed by atoms with Crippen LogP contribution in [0.2, 0.25) is 0 Å². The van der Waals surface area contributed by atoms with Gasteiger partial charge in [-0.1, -0.05) is 35.9 Å². The lowest BCUT2D eigenvalue weighted by molar-refractivity contribution is -0.123. The van der Waals surface area contributed by atoms with E-state index < -0.39 is 0 Å². The molecule has 2 amide bonds. The smallest absolute Gasteiger partial charge is 0.293 e. The van der Waals surface area contributed by atoms with E-state index in [1.807, 2.05) is 37.3 Å². The lowest BCUT2D eigenvalue weighted by Crippen LogP contribution is -2.27. The highest BCUT2D eigenvalue weighted by Crippen LogP contribution is 2.31. The molecule has 0 atom stereocenters. The molecule has 3 rings (SSSR count). The van der Waals surface area contributed by atoms with E-state index in [1.165, 1.54) is 4.90 Å². The second kappa shape index (κ2) is 6.71. The Labute approximate surface area is 138 Å². The SMILES string of the molecule is Cc1ccc(CN2C(=O)S/C(=C\C=C\c3ccco3)C2=O)cc1. The molecule has 0 bridgehead atoms. The van der Waals surface area contributed by atoms with Gasteiger partial charge in [0.2, 0.25) is 0 Å². The van der Waals surface area contributed by atoms with Crippen molar-refractivity contribution in [3.05, 3.63) is 76.6 Å². The molecule has 1 aliphatic heterocycles. The van der Waals surface area contributed by atoms with Crippen LogP contribution in [-0.2, 0) is 11.3 Å². The molecule has 0 unspecified atom stereocenters. The molecule has 1 aromatic carbocycles. The summed E-state index contributed by atoms with van der Waals surface area (Å²) in [6, 6.07) is 11.4. The molecule has 116 valence electrons. The number of nitrogens with zero attached hydrogens (tertiary/aromatic N) is 1. The van der Waals surface area contributed by atoms with Crippen LogP contribution < -0.4 is 0 Å². The van der Waals surface area contributed by atoms with E-state index in [1.54, 1.807) is 30.6 Å². The molecule has 2 heterocycles. The number of imide groups is 1. The van der Waals surface area contributed by atoms with Crippen LogP contribution in [0.1, 0.15) is 16.9 Å². The Morgan fingerprint density at radius 2 is 1.96 bits per heavy atom. The maximum absolute atomic E-state index is 12.3. The summed E-state index contributed by atoms with van der Waals surface area (Å²) < 4.78 is 5.17. The first kappa shape index (κ1) is 15.4. The van der Waals surface area contributed by atoms with Crippen LogP contribution in [0.4, 0.5) is 4.79 Å². The Morgan fingerprint density at radius 1 is 1.17 bits per heavy atom. The Hall–Kier alpha value is -2.53. The third-order valence-electron chi connectivity index (χ3n) is 3.39. The van der Waals surface area contributed by atoms with Gasteiger partial charge in [-0.25, -0.2) is 0 Å². The second-order valence-electron chi connectivity index (χ2n) is 5.15. The van der Waals surface area contributed by atoms with Crippen LogP contribution in [-0.4, -0.2) is 16.0 Å². The molecule has 23 heavy (non-hydrogen) atoms. The van der Waals surface area contributed by atoms with Crippen LogP contribution in [0, 0.1) is 6.92 Å². The Morgan fingerprint density at radius 3 is 2.65 bits per heavy atom. The van der Waals surface area contributed by atoms with Gasteiger partial charge in [-0.3, -0.25) is 14.5 Å². The lowest BCUT2D eigenvalue weighted by atomic mass is 10.1.